The van der Waals surface area contributed by atoms with Gasteiger partial charge < -0.3 is 15.8 Å². The highest BCUT2D eigenvalue weighted by atomic mass is 16.6. The summed E-state index contributed by atoms with van der Waals surface area (Å²) in [5.74, 6) is 0.239. The molecule has 0 saturated carbocycles. The highest BCUT2D eigenvalue weighted by Crippen LogP contribution is 2.34. The molecular formula is C15H17N3O3. The Balaban J connectivity index is 2.17. The molecule has 0 heterocycles. The summed E-state index contributed by atoms with van der Waals surface area (Å²) >= 11 is 0. The number of anilines is 1. The monoisotopic (exact) mass is 287 g/mol. The maximum Gasteiger partial charge on any atom is 0.333 e. The van der Waals surface area contributed by atoms with Gasteiger partial charge in [-0.1, -0.05) is 30.3 Å². The van der Waals surface area contributed by atoms with Crippen molar-refractivity contribution in [1.82, 2.24) is 0 Å². The normalized spacial score (nSPS) is 10.2. The molecule has 0 atom stereocenters. The molecule has 0 bridgehead atoms. The van der Waals surface area contributed by atoms with Crippen LogP contribution in [0.3, 0.4) is 0 Å². The minimum Gasteiger partial charge on any atom is -0.490 e. The molecule has 2 aromatic carbocycles. The van der Waals surface area contributed by atoms with Gasteiger partial charge in [-0.05, 0) is 23.3 Å². The van der Waals surface area contributed by atoms with Gasteiger partial charge in [-0.15, -0.1) is 0 Å². The van der Waals surface area contributed by atoms with Crippen LogP contribution in [0.5, 0.6) is 5.75 Å². The van der Waals surface area contributed by atoms with Crippen LogP contribution in [-0.4, -0.2) is 12.0 Å². The molecule has 0 aromatic heterocycles. The molecule has 0 aliphatic heterocycles. The Bertz CT molecular complexity index is 627. The third-order valence-corrected chi connectivity index (χ3v) is 3.14. The van der Waals surface area contributed by atoms with Crippen LogP contribution in [0.4, 0.5) is 11.4 Å². The summed E-state index contributed by atoms with van der Waals surface area (Å²) in [5.41, 5.74) is 7.99. The number of methoxy groups -OCH3 is 1. The summed E-state index contributed by atoms with van der Waals surface area (Å²) < 4.78 is 5.03. The van der Waals surface area contributed by atoms with Crippen molar-refractivity contribution in [2.24, 2.45) is 5.73 Å². The van der Waals surface area contributed by atoms with E-state index in [-0.39, 0.29) is 11.4 Å². The fraction of sp³-hybridized carbons (Fsp3) is 0.200. The quantitative estimate of drug-likeness (QED) is 0.629. The van der Waals surface area contributed by atoms with Gasteiger partial charge >= 0.3 is 5.69 Å². The summed E-state index contributed by atoms with van der Waals surface area (Å²) in [7, 11) is 1.41. The molecule has 0 unspecified atom stereocenters. The molecular weight excluding hydrogens is 270 g/mol. The second kappa shape index (κ2) is 6.71. The van der Waals surface area contributed by atoms with Gasteiger partial charge in [-0.25, -0.2) is 0 Å². The average molecular weight is 287 g/mol. The second-order valence-corrected chi connectivity index (χ2v) is 4.49. The molecule has 0 spiro atoms. The lowest BCUT2D eigenvalue weighted by molar-refractivity contribution is -0.384. The largest absolute Gasteiger partial charge is 0.490 e. The summed E-state index contributed by atoms with van der Waals surface area (Å²) in [6.45, 7) is 0.980. The third-order valence-electron chi connectivity index (χ3n) is 3.14. The van der Waals surface area contributed by atoms with Gasteiger partial charge in [-0.3, -0.25) is 10.1 Å². The van der Waals surface area contributed by atoms with Crippen molar-refractivity contribution < 1.29 is 9.66 Å². The van der Waals surface area contributed by atoms with Gasteiger partial charge in [0.15, 0.2) is 5.75 Å². The number of hydrogen-bond acceptors (Lipinski definition) is 5. The van der Waals surface area contributed by atoms with E-state index in [1.165, 1.54) is 7.11 Å². The number of nitro groups is 1. The molecule has 2 aromatic rings. The maximum atomic E-state index is 11.2. The minimum atomic E-state index is -0.446. The molecule has 0 fully saturated rings. The van der Waals surface area contributed by atoms with E-state index in [9.17, 15) is 10.1 Å². The highest BCUT2D eigenvalue weighted by molar-refractivity contribution is 5.68. The molecule has 6 nitrogen and oxygen atoms in total. The van der Waals surface area contributed by atoms with Crippen LogP contribution in [0.2, 0.25) is 0 Å². The molecule has 0 saturated heterocycles. The van der Waals surface area contributed by atoms with E-state index >= 15 is 0 Å². The van der Waals surface area contributed by atoms with Crippen LogP contribution in [0.15, 0.2) is 42.5 Å². The fourth-order valence-corrected chi connectivity index (χ4v) is 2.01. The van der Waals surface area contributed by atoms with Crippen molar-refractivity contribution >= 4 is 11.4 Å². The Hall–Kier alpha value is -2.60. The number of ether oxygens (including phenoxy) is 1. The molecule has 3 N–H and O–H groups in total. The first-order chi connectivity index (χ1) is 10.2. The van der Waals surface area contributed by atoms with E-state index in [1.54, 1.807) is 18.2 Å². The number of nitrogens with two attached hydrogens (primary N) is 1. The van der Waals surface area contributed by atoms with Crippen molar-refractivity contribution in [2.75, 3.05) is 12.4 Å². The van der Waals surface area contributed by atoms with Crippen LogP contribution >= 0.6 is 0 Å². The van der Waals surface area contributed by atoms with Gasteiger partial charge in [0.05, 0.1) is 12.0 Å². The Morgan fingerprint density at radius 3 is 2.43 bits per heavy atom. The van der Waals surface area contributed by atoms with Gasteiger partial charge in [0.25, 0.3) is 0 Å². The standard InChI is InChI=1S/C15H17N3O3/c1-21-14-4-2-3-13(15(14)18(19)20)17-10-12-7-5-11(9-16)6-8-12/h2-8,17H,9-10,16H2,1H3. The number of nitrogens with zero attached hydrogens (tertiary/aromatic N) is 1. The van der Waals surface area contributed by atoms with E-state index < -0.39 is 4.92 Å². The molecule has 0 aliphatic carbocycles. The van der Waals surface area contributed by atoms with Crippen molar-refractivity contribution in [1.29, 1.82) is 0 Å². The molecule has 0 aliphatic rings. The lowest BCUT2D eigenvalue weighted by Gasteiger charge is -2.10. The van der Waals surface area contributed by atoms with Crippen LogP contribution in [-0.2, 0) is 13.1 Å². The zero-order valence-electron chi connectivity index (χ0n) is 11.7. The van der Waals surface area contributed by atoms with Gasteiger partial charge in [0, 0.05) is 13.1 Å². The highest BCUT2D eigenvalue weighted by Gasteiger charge is 2.19. The molecule has 2 rings (SSSR count). The fourth-order valence-electron chi connectivity index (χ4n) is 2.01. The van der Waals surface area contributed by atoms with Crippen LogP contribution in [0.25, 0.3) is 0 Å². The van der Waals surface area contributed by atoms with Crippen molar-refractivity contribution in [3.63, 3.8) is 0 Å². The number of rotatable bonds is 6. The number of nitrogens with one attached hydrogen (secondary N) is 1. The topological polar surface area (TPSA) is 90.4 Å². The number of para-hydroxylation sites is 1. The summed E-state index contributed by atoms with van der Waals surface area (Å²) in [4.78, 5) is 10.7. The van der Waals surface area contributed by atoms with Crippen LogP contribution in [0.1, 0.15) is 11.1 Å². The Morgan fingerprint density at radius 1 is 1.19 bits per heavy atom. The average Bonchev–Trinajstić information content (AvgIpc) is 2.52. The van der Waals surface area contributed by atoms with Gasteiger partial charge in [0.2, 0.25) is 0 Å². The Kier molecular flexibility index (Phi) is 4.73. The molecule has 21 heavy (non-hydrogen) atoms. The number of benzene rings is 2. The van der Waals surface area contributed by atoms with Crippen molar-refractivity contribution in [3.05, 3.63) is 63.7 Å². The molecule has 0 amide bonds. The first-order valence-electron chi connectivity index (χ1n) is 6.49. The van der Waals surface area contributed by atoms with E-state index in [1.807, 2.05) is 24.3 Å². The smallest absolute Gasteiger partial charge is 0.333 e. The first-order valence-corrected chi connectivity index (χ1v) is 6.49. The molecule has 0 radical (unpaired) electrons. The van der Waals surface area contributed by atoms with E-state index in [0.717, 1.165) is 11.1 Å². The van der Waals surface area contributed by atoms with Crippen LogP contribution in [0, 0.1) is 10.1 Å². The van der Waals surface area contributed by atoms with E-state index in [4.69, 9.17) is 10.5 Å². The third kappa shape index (κ3) is 3.49. The minimum absolute atomic E-state index is 0.0569. The summed E-state index contributed by atoms with van der Waals surface area (Å²) in [6.07, 6.45) is 0. The van der Waals surface area contributed by atoms with Crippen LogP contribution < -0.4 is 15.8 Å². The molecule has 6 heteroatoms. The maximum absolute atomic E-state index is 11.2. The van der Waals surface area contributed by atoms with E-state index in [0.29, 0.717) is 18.8 Å². The first kappa shape index (κ1) is 14.8. The van der Waals surface area contributed by atoms with Crippen molar-refractivity contribution in [2.45, 2.75) is 13.1 Å². The summed E-state index contributed by atoms with van der Waals surface area (Å²) in [5, 5.41) is 14.2. The lowest BCUT2D eigenvalue weighted by Crippen LogP contribution is -2.04. The number of nitro benzene ring substituents is 1. The Labute approximate surface area is 122 Å². The predicted molar refractivity (Wildman–Crippen MR) is 81.3 cm³/mol. The molecule has 110 valence electrons. The van der Waals surface area contributed by atoms with E-state index in [2.05, 4.69) is 5.32 Å². The zero-order valence-corrected chi connectivity index (χ0v) is 11.7. The number of hydrogen-bond donors (Lipinski definition) is 2. The van der Waals surface area contributed by atoms with Gasteiger partial charge in [0.1, 0.15) is 5.69 Å². The second-order valence-electron chi connectivity index (χ2n) is 4.49. The van der Waals surface area contributed by atoms with Gasteiger partial charge in [-0.2, -0.15) is 0 Å². The summed E-state index contributed by atoms with van der Waals surface area (Å²) in [6, 6.07) is 12.7. The predicted octanol–water partition coefficient (Wildman–Crippen LogP) is 2.67. The van der Waals surface area contributed by atoms with Crippen molar-refractivity contribution in [3.8, 4) is 5.75 Å². The SMILES string of the molecule is COc1cccc(NCc2ccc(CN)cc2)c1[N+](=O)[O-]. The lowest BCUT2D eigenvalue weighted by atomic mass is 10.1. The zero-order chi connectivity index (χ0) is 15.2. The Morgan fingerprint density at radius 2 is 1.86 bits per heavy atom.